The molecule has 0 saturated heterocycles. The molecule has 0 spiro atoms. The number of hydrogen-bond acceptors (Lipinski definition) is 3. The quantitative estimate of drug-likeness (QED) is 0.713. The zero-order chi connectivity index (χ0) is 18.5. The maximum atomic E-state index is 12.7. The Hall–Kier alpha value is -2.63. The zero-order valence-corrected chi connectivity index (χ0v) is 14.2. The van der Waals surface area contributed by atoms with E-state index in [1.165, 1.54) is 18.7 Å². The molecule has 1 aromatic carbocycles. The molecule has 6 nitrogen and oxygen atoms in total. The van der Waals surface area contributed by atoms with Crippen molar-refractivity contribution in [1.29, 1.82) is 0 Å². The average Bonchev–Trinajstić information content (AvgIpc) is 2.48. The average molecular weight is 333 g/mol. The van der Waals surface area contributed by atoms with E-state index in [0.29, 0.717) is 12.1 Å². The lowest BCUT2D eigenvalue weighted by Gasteiger charge is -2.37. The summed E-state index contributed by atoms with van der Waals surface area (Å²) in [5.74, 6) is -2.81. The molecule has 0 aliphatic rings. The highest BCUT2D eigenvalue weighted by Gasteiger charge is 2.40. The predicted octanol–water partition coefficient (Wildman–Crippen LogP) is 2.78. The third kappa shape index (κ3) is 4.22. The fourth-order valence-corrected chi connectivity index (χ4v) is 2.50. The number of anilines is 1. The summed E-state index contributed by atoms with van der Waals surface area (Å²) in [4.78, 5) is 36.4. The first-order valence-corrected chi connectivity index (χ1v) is 7.60. The summed E-state index contributed by atoms with van der Waals surface area (Å²) in [6.45, 7) is 8.34. The smallest absolute Gasteiger partial charge is 0.329 e. The fraction of sp³-hybridized carbons (Fsp3) is 0.389. The number of benzene rings is 1. The molecule has 0 radical (unpaired) electrons. The van der Waals surface area contributed by atoms with Crippen LogP contribution in [0.15, 0.2) is 30.9 Å². The van der Waals surface area contributed by atoms with E-state index in [9.17, 15) is 19.5 Å². The van der Waals surface area contributed by atoms with E-state index < -0.39 is 23.4 Å². The molecule has 0 fully saturated rings. The summed E-state index contributed by atoms with van der Waals surface area (Å²) in [5.41, 5.74) is 0.494. The first kappa shape index (κ1) is 19.4. The highest BCUT2D eigenvalue weighted by Crippen LogP contribution is 2.33. The van der Waals surface area contributed by atoms with Crippen LogP contribution >= 0.6 is 0 Å². The topological polar surface area (TPSA) is 94.9 Å². The van der Waals surface area contributed by atoms with Crippen LogP contribution in [0.3, 0.4) is 0 Å². The number of aliphatic carboxylic acids is 2. The third-order valence-corrected chi connectivity index (χ3v) is 3.79. The van der Waals surface area contributed by atoms with E-state index in [-0.39, 0.29) is 12.8 Å². The summed E-state index contributed by atoms with van der Waals surface area (Å²) in [6, 6.07) is 5.42. The van der Waals surface area contributed by atoms with Crippen LogP contribution in [-0.2, 0) is 20.8 Å². The molecule has 1 amide bonds. The van der Waals surface area contributed by atoms with Gasteiger partial charge in [-0.15, -0.1) is 6.58 Å². The lowest BCUT2D eigenvalue weighted by Crippen LogP contribution is -2.54. The van der Waals surface area contributed by atoms with Gasteiger partial charge in [-0.05, 0) is 38.3 Å². The molecule has 2 N–H and O–H groups in total. The van der Waals surface area contributed by atoms with Gasteiger partial charge in [0.25, 0.3) is 0 Å². The largest absolute Gasteiger partial charge is 0.481 e. The molecule has 1 rings (SSSR count). The molecular formula is C18H23NO5. The van der Waals surface area contributed by atoms with E-state index in [1.54, 1.807) is 25.1 Å². The number of rotatable bonds is 8. The Morgan fingerprint density at radius 1 is 1.21 bits per heavy atom. The molecule has 0 heterocycles. The number of carbonyl (C=O) groups is 3. The van der Waals surface area contributed by atoms with E-state index in [4.69, 9.17) is 5.11 Å². The van der Waals surface area contributed by atoms with Gasteiger partial charge in [0.2, 0.25) is 5.91 Å². The van der Waals surface area contributed by atoms with Crippen LogP contribution in [0.1, 0.15) is 37.8 Å². The molecule has 1 aromatic rings. The fourth-order valence-electron chi connectivity index (χ4n) is 2.50. The number of carboxylic acid groups (broad SMARTS) is 2. The van der Waals surface area contributed by atoms with Gasteiger partial charge in [-0.2, -0.15) is 0 Å². The van der Waals surface area contributed by atoms with Crippen molar-refractivity contribution in [1.82, 2.24) is 0 Å². The highest BCUT2D eigenvalue weighted by atomic mass is 16.4. The number of nitrogens with zero attached hydrogens (tertiary/aromatic N) is 1. The molecule has 0 unspecified atom stereocenters. The van der Waals surface area contributed by atoms with Crippen molar-refractivity contribution in [3.05, 3.63) is 42.0 Å². The zero-order valence-electron chi connectivity index (χ0n) is 14.2. The standard InChI is InChI=1S/C18H23NO5/c1-5-7-13-9-6-8-12(2)16(13)19(18(3,4)17(23)24)14(20)10-11-15(21)22/h5-6,8-9H,1,7,10-11H2,2-4H3,(H,21,22)(H,23,24). The minimum atomic E-state index is -1.52. The first-order chi connectivity index (χ1) is 11.1. The van der Waals surface area contributed by atoms with Crippen molar-refractivity contribution >= 4 is 23.5 Å². The third-order valence-electron chi connectivity index (χ3n) is 3.79. The Balaban J connectivity index is 3.49. The summed E-state index contributed by atoms with van der Waals surface area (Å²) >= 11 is 0. The van der Waals surface area contributed by atoms with Crippen molar-refractivity contribution in [2.75, 3.05) is 4.90 Å². The van der Waals surface area contributed by atoms with E-state index >= 15 is 0 Å². The molecule has 24 heavy (non-hydrogen) atoms. The van der Waals surface area contributed by atoms with Crippen LogP contribution in [0.5, 0.6) is 0 Å². The highest BCUT2D eigenvalue weighted by molar-refractivity contribution is 6.03. The second-order valence-electron chi connectivity index (χ2n) is 6.06. The van der Waals surface area contributed by atoms with Crippen LogP contribution in [0.2, 0.25) is 0 Å². The van der Waals surface area contributed by atoms with Crippen molar-refractivity contribution in [2.45, 2.75) is 45.6 Å². The Labute approximate surface area is 141 Å². The van der Waals surface area contributed by atoms with Crippen molar-refractivity contribution < 1.29 is 24.6 Å². The van der Waals surface area contributed by atoms with E-state index in [2.05, 4.69) is 6.58 Å². The number of hydrogen-bond donors (Lipinski definition) is 2. The van der Waals surface area contributed by atoms with Gasteiger partial charge < -0.3 is 10.2 Å². The number of para-hydroxylation sites is 1. The van der Waals surface area contributed by atoms with Gasteiger partial charge in [0, 0.05) is 6.42 Å². The van der Waals surface area contributed by atoms with E-state index in [0.717, 1.165) is 11.1 Å². The molecular weight excluding hydrogens is 310 g/mol. The molecule has 0 atom stereocenters. The number of carboxylic acids is 2. The molecule has 6 heteroatoms. The van der Waals surface area contributed by atoms with Gasteiger partial charge in [0.15, 0.2) is 0 Å². The number of carbonyl (C=O) groups excluding carboxylic acids is 1. The van der Waals surface area contributed by atoms with E-state index in [1.807, 2.05) is 6.07 Å². The van der Waals surface area contributed by atoms with Gasteiger partial charge in [0.1, 0.15) is 5.54 Å². The lowest BCUT2D eigenvalue weighted by molar-refractivity contribution is -0.144. The maximum Gasteiger partial charge on any atom is 0.329 e. The normalized spacial score (nSPS) is 11.0. The molecule has 0 bridgehead atoms. The minimum absolute atomic E-state index is 0.270. The van der Waals surface area contributed by atoms with Crippen LogP contribution < -0.4 is 4.90 Å². The second-order valence-corrected chi connectivity index (χ2v) is 6.06. The van der Waals surface area contributed by atoms with Gasteiger partial charge in [-0.25, -0.2) is 4.79 Å². The van der Waals surface area contributed by atoms with Crippen molar-refractivity contribution in [3.63, 3.8) is 0 Å². The van der Waals surface area contributed by atoms with Crippen LogP contribution in [0, 0.1) is 6.92 Å². The monoisotopic (exact) mass is 333 g/mol. The van der Waals surface area contributed by atoms with Crippen molar-refractivity contribution in [2.24, 2.45) is 0 Å². The minimum Gasteiger partial charge on any atom is -0.481 e. The predicted molar refractivity (Wildman–Crippen MR) is 91.2 cm³/mol. The first-order valence-electron chi connectivity index (χ1n) is 7.60. The summed E-state index contributed by atoms with van der Waals surface area (Å²) in [7, 11) is 0. The molecule has 130 valence electrons. The van der Waals surface area contributed by atoms with Crippen LogP contribution in [-0.4, -0.2) is 33.6 Å². The SMILES string of the molecule is C=CCc1cccc(C)c1N(C(=O)CCC(=O)O)C(C)(C)C(=O)O. The number of aryl methyl sites for hydroxylation is 1. The molecule has 0 aliphatic heterocycles. The molecule has 0 aliphatic carbocycles. The Morgan fingerprint density at radius 3 is 2.33 bits per heavy atom. The maximum absolute atomic E-state index is 12.7. The number of amides is 1. The summed E-state index contributed by atoms with van der Waals surface area (Å²) in [5, 5.41) is 18.4. The van der Waals surface area contributed by atoms with Gasteiger partial charge in [-0.1, -0.05) is 24.3 Å². The Morgan fingerprint density at radius 2 is 1.83 bits per heavy atom. The molecule has 0 saturated carbocycles. The van der Waals surface area contributed by atoms with Gasteiger partial charge in [-0.3, -0.25) is 14.5 Å². The van der Waals surface area contributed by atoms with Crippen molar-refractivity contribution in [3.8, 4) is 0 Å². The Bertz CT molecular complexity index is 663. The van der Waals surface area contributed by atoms with Crippen LogP contribution in [0.25, 0.3) is 0 Å². The Kier molecular flexibility index (Phi) is 6.28. The molecule has 0 aromatic heterocycles. The van der Waals surface area contributed by atoms with Gasteiger partial charge in [0.05, 0.1) is 12.1 Å². The van der Waals surface area contributed by atoms with Crippen LogP contribution in [0.4, 0.5) is 5.69 Å². The summed E-state index contributed by atoms with van der Waals surface area (Å²) in [6.07, 6.45) is 1.52. The van der Waals surface area contributed by atoms with Gasteiger partial charge >= 0.3 is 11.9 Å². The number of allylic oxidation sites excluding steroid dienone is 1. The second kappa shape index (κ2) is 7.77. The lowest BCUT2D eigenvalue weighted by atomic mass is 9.96. The summed E-state index contributed by atoms with van der Waals surface area (Å²) < 4.78 is 0.